The van der Waals surface area contributed by atoms with E-state index in [0.717, 1.165) is 12.3 Å². The maximum atomic E-state index is 9.54. The van der Waals surface area contributed by atoms with Crippen LogP contribution in [0, 0.1) is 0 Å². The number of aliphatic hydroxyl groups is 1. The zero-order valence-electron chi connectivity index (χ0n) is 10.4. The maximum Gasteiger partial charge on any atom is 0.119 e. The average molecular weight is 235 g/mol. The number of hydrogen-bond donors (Lipinski definition) is 1. The molecule has 1 aliphatic heterocycles. The third-order valence-corrected chi connectivity index (χ3v) is 3.46. The molecule has 1 saturated heterocycles. The van der Waals surface area contributed by atoms with E-state index in [1.165, 1.54) is 31.5 Å². The summed E-state index contributed by atoms with van der Waals surface area (Å²) in [5, 5.41) is 9.54. The molecule has 1 aromatic rings. The molecule has 3 nitrogen and oxygen atoms in total. The second kappa shape index (κ2) is 6.03. The highest BCUT2D eigenvalue weighted by atomic mass is 16.5. The molecule has 0 amide bonds. The fourth-order valence-electron chi connectivity index (χ4n) is 2.44. The molecule has 1 fully saturated rings. The van der Waals surface area contributed by atoms with Crippen LogP contribution in [0.5, 0.6) is 5.75 Å². The molecule has 0 spiro atoms. The number of aliphatic hydroxyl groups excluding tert-OH is 1. The highest BCUT2D eigenvalue weighted by Crippen LogP contribution is 2.23. The summed E-state index contributed by atoms with van der Waals surface area (Å²) in [6.45, 7) is 3.48. The van der Waals surface area contributed by atoms with Crippen LogP contribution < -0.4 is 4.74 Å². The van der Waals surface area contributed by atoms with Crippen LogP contribution in [0.1, 0.15) is 24.3 Å². The molecule has 0 radical (unpaired) electrons. The van der Waals surface area contributed by atoms with Gasteiger partial charge in [0.2, 0.25) is 0 Å². The minimum absolute atomic E-state index is 0.197. The summed E-state index contributed by atoms with van der Waals surface area (Å²) < 4.78 is 5.22. The number of ether oxygens (including phenoxy) is 1. The highest BCUT2D eigenvalue weighted by Gasteiger charge is 2.18. The van der Waals surface area contributed by atoms with Crippen LogP contribution in [0.15, 0.2) is 24.3 Å². The van der Waals surface area contributed by atoms with Crippen molar-refractivity contribution in [2.24, 2.45) is 0 Å². The lowest BCUT2D eigenvalue weighted by Crippen LogP contribution is -2.27. The molecule has 1 unspecified atom stereocenters. The summed E-state index contributed by atoms with van der Waals surface area (Å²) in [7, 11) is 1.67. The van der Waals surface area contributed by atoms with Crippen LogP contribution >= 0.6 is 0 Å². The zero-order chi connectivity index (χ0) is 12.1. The second-order valence-corrected chi connectivity index (χ2v) is 4.66. The largest absolute Gasteiger partial charge is 0.497 e. The topological polar surface area (TPSA) is 32.7 Å². The summed E-state index contributed by atoms with van der Waals surface area (Å²) in [4.78, 5) is 2.43. The van der Waals surface area contributed by atoms with E-state index in [0.29, 0.717) is 0 Å². The van der Waals surface area contributed by atoms with E-state index >= 15 is 0 Å². The number of benzene rings is 1. The van der Waals surface area contributed by atoms with Crippen LogP contribution in [0.25, 0.3) is 0 Å². The van der Waals surface area contributed by atoms with Gasteiger partial charge < -0.3 is 14.7 Å². The van der Waals surface area contributed by atoms with Gasteiger partial charge in [-0.15, -0.1) is 0 Å². The Hall–Kier alpha value is -1.06. The molecule has 1 atom stereocenters. The average Bonchev–Trinajstić information content (AvgIpc) is 2.89. The first-order chi connectivity index (χ1) is 8.33. The first-order valence-corrected chi connectivity index (χ1v) is 6.30. The summed E-state index contributed by atoms with van der Waals surface area (Å²) in [6.07, 6.45) is 2.58. The molecule has 17 heavy (non-hydrogen) atoms. The van der Waals surface area contributed by atoms with Crippen LogP contribution in [0.3, 0.4) is 0 Å². The van der Waals surface area contributed by atoms with Crippen molar-refractivity contribution in [1.82, 2.24) is 4.90 Å². The monoisotopic (exact) mass is 235 g/mol. The fourth-order valence-corrected chi connectivity index (χ4v) is 2.44. The molecule has 94 valence electrons. The normalized spacial score (nSPS) is 18.2. The van der Waals surface area contributed by atoms with Crippen molar-refractivity contribution in [1.29, 1.82) is 0 Å². The number of rotatable bonds is 5. The molecule has 2 rings (SSSR count). The van der Waals surface area contributed by atoms with Gasteiger partial charge >= 0.3 is 0 Å². The van der Waals surface area contributed by atoms with Crippen molar-refractivity contribution in [3.63, 3.8) is 0 Å². The molecule has 1 aromatic carbocycles. The molecule has 0 saturated carbocycles. The SMILES string of the molecule is COc1cccc(C(CO)CN2CCCC2)c1. The van der Waals surface area contributed by atoms with Gasteiger partial charge in [0.25, 0.3) is 0 Å². The van der Waals surface area contributed by atoms with E-state index in [9.17, 15) is 5.11 Å². The minimum Gasteiger partial charge on any atom is -0.497 e. The van der Waals surface area contributed by atoms with Crippen molar-refractivity contribution in [2.75, 3.05) is 33.4 Å². The minimum atomic E-state index is 0.197. The Bertz CT molecular complexity index is 348. The van der Waals surface area contributed by atoms with E-state index in [2.05, 4.69) is 11.0 Å². The molecule has 1 N–H and O–H groups in total. The van der Waals surface area contributed by atoms with Gasteiger partial charge in [0.05, 0.1) is 13.7 Å². The molecular formula is C14H21NO2. The van der Waals surface area contributed by atoms with Gasteiger partial charge in [0, 0.05) is 12.5 Å². The van der Waals surface area contributed by atoms with Gasteiger partial charge in [0.1, 0.15) is 5.75 Å². The highest BCUT2D eigenvalue weighted by molar-refractivity contribution is 5.31. The molecule has 3 heteroatoms. The lowest BCUT2D eigenvalue weighted by atomic mass is 9.99. The maximum absolute atomic E-state index is 9.54. The molecule has 1 aliphatic rings. The van der Waals surface area contributed by atoms with Gasteiger partial charge in [-0.2, -0.15) is 0 Å². The second-order valence-electron chi connectivity index (χ2n) is 4.66. The third-order valence-electron chi connectivity index (χ3n) is 3.46. The van der Waals surface area contributed by atoms with Gasteiger partial charge in [-0.1, -0.05) is 12.1 Å². The van der Waals surface area contributed by atoms with Crippen LogP contribution in [-0.2, 0) is 0 Å². The van der Waals surface area contributed by atoms with E-state index in [4.69, 9.17) is 4.74 Å². The number of hydrogen-bond acceptors (Lipinski definition) is 3. The Labute approximate surface area is 103 Å². The number of nitrogens with zero attached hydrogens (tertiary/aromatic N) is 1. The third kappa shape index (κ3) is 3.20. The van der Waals surface area contributed by atoms with Crippen molar-refractivity contribution in [3.8, 4) is 5.75 Å². The lowest BCUT2D eigenvalue weighted by molar-refractivity contribution is 0.220. The Morgan fingerprint density at radius 3 is 2.76 bits per heavy atom. The van der Waals surface area contributed by atoms with Crippen LogP contribution in [-0.4, -0.2) is 43.4 Å². The first-order valence-electron chi connectivity index (χ1n) is 6.30. The standard InChI is InChI=1S/C14H21NO2/c1-17-14-6-4-5-12(9-14)13(11-16)10-15-7-2-3-8-15/h4-6,9,13,16H,2-3,7-8,10-11H2,1H3. The summed E-state index contributed by atoms with van der Waals surface area (Å²) >= 11 is 0. The Morgan fingerprint density at radius 1 is 1.35 bits per heavy atom. The molecule has 0 aromatic heterocycles. The van der Waals surface area contributed by atoms with Gasteiger partial charge in [0.15, 0.2) is 0 Å². The summed E-state index contributed by atoms with van der Waals surface area (Å²) in [5.74, 6) is 1.06. The van der Waals surface area contributed by atoms with Crippen molar-refractivity contribution >= 4 is 0 Å². The van der Waals surface area contributed by atoms with Gasteiger partial charge in [-0.3, -0.25) is 0 Å². The summed E-state index contributed by atoms with van der Waals surface area (Å²) in [6, 6.07) is 8.02. The molecule has 1 heterocycles. The van der Waals surface area contributed by atoms with E-state index < -0.39 is 0 Å². The predicted octanol–water partition coefficient (Wildman–Crippen LogP) is 1.87. The Morgan fingerprint density at radius 2 is 2.12 bits per heavy atom. The quantitative estimate of drug-likeness (QED) is 0.845. The fraction of sp³-hybridized carbons (Fsp3) is 0.571. The lowest BCUT2D eigenvalue weighted by Gasteiger charge is -2.22. The number of methoxy groups -OCH3 is 1. The first kappa shape index (κ1) is 12.4. The van der Waals surface area contributed by atoms with Crippen molar-refractivity contribution < 1.29 is 9.84 Å². The van der Waals surface area contributed by atoms with E-state index in [1.807, 2.05) is 18.2 Å². The zero-order valence-corrected chi connectivity index (χ0v) is 10.4. The van der Waals surface area contributed by atoms with Crippen LogP contribution in [0.4, 0.5) is 0 Å². The van der Waals surface area contributed by atoms with Crippen LogP contribution in [0.2, 0.25) is 0 Å². The Balaban J connectivity index is 2.04. The van der Waals surface area contributed by atoms with E-state index in [-0.39, 0.29) is 12.5 Å². The smallest absolute Gasteiger partial charge is 0.119 e. The summed E-state index contributed by atoms with van der Waals surface area (Å²) in [5.41, 5.74) is 1.17. The molecule has 0 bridgehead atoms. The molecule has 0 aliphatic carbocycles. The van der Waals surface area contributed by atoms with E-state index in [1.54, 1.807) is 7.11 Å². The van der Waals surface area contributed by atoms with Gasteiger partial charge in [-0.25, -0.2) is 0 Å². The number of likely N-dealkylation sites (tertiary alicyclic amines) is 1. The van der Waals surface area contributed by atoms with Crippen molar-refractivity contribution in [3.05, 3.63) is 29.8 Å². The molecular weight excluding hydrogens is 214 g/mol. The Kier molecular flexibility index (Phi) is 4.40. The van der Waals surface area contributed by atoms with Gasteiger partial charge in [-0.05, 0) is 43.6 Å². The van der Waals surface area contributed by atoms with Crippen molar-refractivity contribution in [2.45, 2.75) is 18.8 Å². The predicted molar refractivity (Wildman–Crippen MR) is 68.5 cm³/mol.